The minimum absolute atomic E-state index is 0.0366. The summed E-state index contributed by atoms with van der Waals surface area (Å²) in [7, 11) is 0. The lowest BCUT2D eigenvalue weighted by Gasteiger charge is -2.07. The van der Waals surface area contributed by atoms with Crippen LogP contribution in [0, 0.1) is 0 Å². The Balaban J connectivity index is 1.89. The van der Waals surface area contributed by atoms with Gasteiger partial charge in [0.25, 0.3) is 0 Å². The molecule has 0 atom stereocenters. The summed E-state index contributed by atoms with van der Waals surface area (Å²) in [4.78, 5) is 24.0. The van der Waals surface area contributed by atoms with Crippen molar-refractivity contribution in [2.75, 3.05) is 19.8 Å². The molecule has 3 rings (SSSR count). The minimum atomic E-state index is -0.487. The van der Waals surface area contributed by atoms with Crippen LogP contribution in [0.5, 0.6) is 5.75 Å². The molecule has 0 saturated carbocycles. The first kappa shape index (κ1) is 15.5. The van der Waals surface area contributed by atoms with Gasteiger partial charge in [-0.2, -0.15) is 0 Å². The van der Waals surface area contributed by atoms with E-state index in [4.69, 9.17) is 15.2 Å². The summed E-state index contributed by atoms with van der Waals surface area (Å²) in [5.41, 5.74) is 5.22. The number of ether oxygens (including phenoxy) is 2. The maximum absolute atomic E-state index is 12.6. The summed E-state index contributed by atoms with van der Waals surface area (Å²) in [5.74, 6) is -0.0269. The highest BCUT2D eigenvalue weighted by atomic mass is 32.1. The molecule has 1 heterocycles. The van der Waals surface area contributed by atoms with Crippen LogP contribution in [0.15, 0.2) is 47.3 Å². The quantitative estimate of drug-likeness (QED) is 0.574. The van der Waals surface area contributed by atoms with Gasteiger partial charge in [0, 0.05) is 26.7 Å². The summed E-state index contributed by atoms with van der Waals surface area (Å²) < 4.78 is 12.1. The summed E-state index contributed by atoms with van der Waals surface area (Å²) >= 11 is 1.55. The van der Waals surface area contributed by atoms with Crippen LogP contribution in [-0.4, -0.2) is 25.7 Å². The van der Waals surface area contributed by atoms with Gasteiger partial charge in [0.1, 0.15) is 12.4 Å². The topological polar surface area (TPSA) is 78.6 Å². The Labute approximate surface area is 136 Å². The van der Waals surface area contributed by atoms with E-state index in [0.717, 1.165) is 9.40 Å². The van der Waals surface area contributed by atoms with Gasteiger partial charge in [0.05, 0.1) is 0 Å². The van der Waals surface area contributed by atoms with Gasteiger partial charge in [-0.05, 0) is 30.3 Å². The van der Waals surface area contributed by atoms with E-state index in [9.17, 15) is 9.59 Å². The minimum Gasteiger partial charge on any atom is -0.482 e. The highest BCUT2D eigenvalue weighted by molar-refractivity contribution is 7.24. The predicted molar refractivity (Wildman–Crippen MR) is 91.1 cm³/mol. The smallest absolute Gasteiger partial charge is 0.344 e. The van der Waals surface area contributed by atoms with Crippen molar-refractivity contribution in [1.82, 2.24) is 0 Å². The van der Waals surface area contributed by atoms with Gasteiger partial charge >= 0.3 is 5.97 Å². The van der Waals surface area contributed by atoms with Gasteiger partial charge in [-0.15, -0.1) is 11.3 Å². The Bertz CT molecular complexity index is 919. The lowest BCUT2D eigenvalue weighted by molar-refractivity contribution is -0.145. The number of benzene rings is 2. The second kappa shape index (κ2) is 6.76. The Hall–Kier alpha value is -2.44. The highest BCUT2D eigenvalue weighted by Crippen LogP contribution is 2.27. The van der Waals surface area contributed by atoms with Crippen molar-refractivity contribution in [2.45, 2.75) is 0 Å². The Morgan fingerprint density at radius 2 is 1.87 bits per heavy atom. The molecule has 2 aromatic carbocycles. The predicted octanol–water partition coefficient (Wildman–Crippen LogP) is 2.30. The highest BCUT2D eigenvalue weighted by Gasteiger charge is 2.08. The van der Waals surface area contributed by atoms with Crippen molar-refractivity contribution >= 4 is 37.5 Å². The maximum Gasteiger partial charge on any atom is 0.344 e. The zero-order valence-corrected chi connectivity index (χ0v) is 13.1. The monoisotopic (exact) mass is 329 g/mol. The molecule has 0 spiro atoms. The molecular weight excluding hydrogens is 314 g/mol. The van der Waals surface area contributed by atoms with E-state index in [0.29, 0.717) is 16.5 Å². The summed E-state index contributed by atoms with van der Waals surface area (Å²) in [6, 6.07) is 12.7. The summed E-state index contributed by atoms with van der Waals surface area (Å²) in [6.07, 6.45) is 0. The second-order valence-electron chi connectivity index (χ2n) is 4.88. The van der Waals surface area contributed by atoms with Gasteiger partial charge in [0.2, 0.25) is 0 Å². The number of fused-ring (bicyclic) bond motifs is 2. The standard InChI is InChI=1S/C17H15NO4S/c18-7-8-21-16(19)10-22-11-5-6-15-13(9-11)17(20)12-3-1-2-4-14(12)23-15/h1-6,9H,7-8,10,18H2. The van der Waals surface area contributed by atoms with E-state index >= 15 is 0 Å². The summed E-state index contributed by atoms with van der Waals surface area (Å²) in [6.45, 7) is 0.227. The Morgan fingerprint density at radius 1 is 1.09 bits per heavy atom. The third kappa shape index (κ3) is 3.33. The third-order valence-corrected chi connectivity index (χ3v) is 4.44. The molecule has 0 fully saturated rings. The van der Waals surface area contributed by atoms with Crippen LogP contribution in [-0.2, 0) is 9.53 Å². The fraction of sp³-hybridized carbons (Fsp3) is 0.176. The van der Waals surface area contributed by atoms with E-state index in [2.05, 4.69) is 0 Å². The number of carbonyl (C=O) groups excluding carboxylic acids is 1. The molecule has 0 saturated heterocycles. The van der Waals surface area contributed by atoms with Crippen molar-refractivity contribution in [2.24, 2.45) is 5.73 Å². The van der Waals surface area contributed by atoms with E-state index in [-0.39, 0.29) is 25.2 Å². The molecule has 6 heteroatoms. The average molecular weight is 329 g/mol. The fourth-order valence-electron chi connectivity index (χ4n) is 2.23. The molecule has 2 N–H and O–H groups in total. The molecule has 0 aliphatic rings. The number of rotatable bonds is 5. The molecule has 0 aliphatic heterocycles. The van der Waals surface area contributed by atoms with Crippen molar-refractivity contribution in [3.05, 3.63) is 52.7 Å². The molecule has 0 amide bonds. The molecule has 0 radical (unpaired) electrons. The van der Waals surface area contributed by atoms with Crippen LogP contribution in [0.2, 0.25) is 0 Å². The lowest BCUT2D eigenvalue weighted by Crippen LogP contribution is -2.19. The van der Waals surface area contributed by atoms with Crippen LogP contribution in [0.3, 0.4) is 0 Å². The van der Waals surface area contributed by atoms with Gasteiger partial charge in [-0.25, -0.2) is 4.79 Å². The maximum atomic E-state index is 12.6. The molecule has 0 bridgehead atoms. The zero-order valence-electron chi connectivity index (χ0n) is 12.3. The van der Waals surface area contributed by atoms with Crippen molar-refractivity contribution in [1.29, 1.82) is 0 Å². The SMILES string of the molecule is NCCOC(=O)COc1ccc2sc3ccccc3c(=O)c2c1. The first-order chi connectivity index (χ1) is 11.2. The van der Waals surface area contributed by atoms with Crippen molar-refractivity contribution in [3.8, 4) is 5.75 Å². The van der Waals surface area contributed by atoms with Gasteiger partial charge in [-0.1, -0.05) is 12.1 Å². The Morgan fingerprint density at radius 3 is 2.70 bits per heavy atom. The van der Waals surface area contributed by atoms with Crippen LogP contribution in [0.1, 0.15) is 0 Å². The van der Waals surface area contributed by atoms with Crippen LogP contribution in [0.25, 0.3) is 20.2 Å². The lowest BCUT2D eigenvalue weighted by atomic mass is 10.2. The van der Waals surface area contributed by atoms with Gasteiger partial charge in [-0.3, -0.25) is 4.79 Å². The average Bonchev–Trinajstić information content (AvgIpc) is 2.58. The Kier molecular flexibility index (Phi) is 4.55. The fourth-order valence-corrected chi connectivity index (χ4v) is 3.28. The van der Waals surface area contributed by atoms with Crippen LogP contribution < -0.4 is 15.9 Å². The molecule has 3 aromatic rings. The number of hydrogen-bond donors (Lipinski definition) is 1. The van der Waals surface area contributed by atoms with Crippen molar-refractivity contribution < 1.29 is 14.3 Å². The number of esters is 1. The number of carbonyl (C=O) groups is 1. The van der Waals surface area contributed by atoms with E-state index < -0.39 is 5.97 Å². The molecule has 5 nitrogen and oxygen atoms in total. The van der Waals surface area contributed by atoms with E-state index in [1.807, 2.05) is 30.3 Å². The molecular formula is C17H15NO4S. The number of hydrogen-bond acceptors (Lipinski definition) is 6. The first-order valence-electron chi connectivity index (χ1n) is 7.13. The third-order valence-electron chi connectivity index (χ3n) is 3.28. The molecule has 0 unspecified atom stereocenters. The molecule has 118 valence electrons. The number of nitrogens with two attached hydrogens (primary N) is 1. The van der Waals surface area contributed by atoms with Crippen LogP contribution >= 0.6 is 11.3 Å². The zero-order chi connectivity index (χ0) is 16.2. The van der Waals surface area contributed by atoms with Crippen LogP contribution in [0.4, 0.5) is 0 Å². The molecule has 1 aromatic heterocycles. The molecule has 23 heavy (non-hydrogen) atoms. The van der Waals surface area contributed by atoms with Gasteiger partial charge < -0.3 is 15.2 Å². The second-order valence-corrected chi connectivity index (χ2v) is 5.97. The van der Waals surface area contributed by atoms with Gasteiger partial charge in [0.15, 0.2) is 12.0 Å². The van der Waals surface area contributed by atoms with Crippen molar-refractivity contribution in [3.63, 3.8) is 0 Å². The molecule has 0 aliphatic carbocycles. The van der Waals surface area contributed by atoms with E-state index in [1.54, 1.807) is 23.5 Å². The normalized spacial score (nSPS) is 10.8. The van der Waals surface area contributed by atoms with E-state index in [1.165, 1.54) is 0 Å². The first-order valence-corrected chi connectivity index (χ1v) is 7.95. The largest absolute Gasteiger partial charge is 0.482 e. The summed E-state index contributed by atoms with van der Waals surface area (Å²) in [5, 5.41) is 1.27.